The molecule has 4 heteroatoms. The van der Waals surface area contributed by atoms with E-state index in [1.54, 1.807) is 19.0 Å². The van der Waals surface area contributed by atoms with Crippen LogP contribution in [-0.4, -0.2) is 43.7 Å². The maximum absolute atomic E-state index is 11.4. The van der Waals surface area contributed by atoms with E-state index in [1.807, 2.05) is 11.8 Å². The smallest absolute Gasteiger partial charge is 0.236 e. The van der Waals surface area contributed by atoms with E-state index in [1.165, 1.54) is 10.5 Å². The molecule has 0 saturated carbocycles. The van der Waals surface area contributed by atoms with E-state index in [2.05, 4.69) is 29.6 Å². The van der Waals surface area contributed by atoms with Crippen molar-refractivity contribution in [1.82, 2.24) is 10.2 Å². The average Bonchev–Trinajstić information content (AvgIpc) is 2.72. The molecule has 1 aromatic carbocycles. The van der Waals surface area contributed by atoms with Gasteiger partial charge in [0, 0.05) is 37.2 Å². The van der Waals surface area contributed by atoms with E-state index in [-0.39, 0.29) is 5.91 Å². The van der Waals surface area contributed by atoms with Crippen LogP contribution in [0.3, 0.4) is 0 Å². The topological polar surface area (TPSA) is 32.3 Å². The summed E-state index contributed by atoms with van der Waals surface area (Å²) in [6, 6.07) is 8.53. The standard InChI is InChI=1S/C13H18N2OS/c1-15(2)13(16)8-14-7-10-9-17-12-6-4-3-5-11(10)12/h3-6,10,14H,7-9H2,1-2H3. The Morgan fingerprint density at radius 2 is 2.24 bits per heavy atom. The first-order chi connectivity index (χ1) is 8.18. The summed E-state index contributed by atoms with van der Waals surface area (Å²) in [5, 5.41) is 3.24. The van der Waals surface area contributed by atoms with Gasteiger partial charge in [0.2, 0.25) is 5.91 Å². The van der Waals surface area contributed by atoms with Crippen molar-refractivity contribution in [3.63, 3.8) is 0 Å². The van der Waals surface area contributed by atoms with E-state index in [0.717, 1.165) is 12.3 Å². The van der Waals surface area contributed by atoms with Crippen LogP contribution in [0, 0.1) is 0 Å². The third-order valence-corrected chi connectivity index (χ3v) is 4.22. The molecule has 0 saturated heterocycles. The lowest BCUT2D eigenvalue weighted by atomic mass is 10.0. The molecule has 0 radical (unpaired) electrons. The van der Waals surface area contributed by atoms with Crippen LogP contribution in [0.2, 0.25) is 0 Å². The highest BCUT2D eigenvalue weighted by molar-refractivity contribution is 7.99. The van der Waals surface area contributed by atoms with Gasteiger partial charge < -0.3 is 10.2 Å². The number of likely N-dealkylation sites (N-methyl/N-ethyl adjacent to an activating group) is 1. The number of amides is 1. The second-order valence-electron chi connectivity index (χ2n) is 4.46. The fraction of sp³-hybridized carbons (Fsp3) is 0.462. The summed E-state index contributed by atoms with van der Waals surface area (Å²) < 4.78 is 0. The molecule has 3 nitrogen and oxygen atoms in total. The van der Waals surface area contributed by atoms with Gasteiger partial charge >= 0.3 is 0 Å². The van der Waals surface area contributed by atoms with Crippen molar-refractivity contribution >= 4 is 17.7 Å². The van der Waals surface area contributed by atoms with Crippen molar-refractivity contribution in [2.24, 2.45) is 0 Å². The summed E-state index contributed by atoms with van der Waals surface area (Å²) in [7, 11) is 3.56. The molecule has 17 heavy (non-hydrogen) atoms. The van der Waals surface area contributed by atoms with E-state index < -0.39 is 0 Å². The molecule has 0 fully saturated rings. The Bertz CT molecular complexity index is 406. The van der Waals surface area contributed by atoms with Gasteiger partial charge in [0.25, 0.3) is 0 Å². The number of hydrogen-bond acceptors (Lipinski definition) is 3. The first kappa shape index (κ1) is 12.5. The Hall–Kier alpha value is -1.00. The number of hydrogen-bond donors (Lipinski definition) is 1. The molecule has 1 aliphatic heterocycles. The van der Waals surface area contributed by atoms with E-state index in [9.17, 15) is 4.79 Å². The largest absolute Gasteiger partial charge is 0.348 e. The number of carbonyl (C=O) groups is 1. The molecule has 2 rings (SSSR count). The summed E-state index contributed by atoms with van der Waals surface area (Å²) in [6.07, 6.45) is 0. The Kier molecular flexibility index (Phi) is 4.07. The zero-order chi connectivity index (χ0) is 12.3. The summed E-state index contributed by atoms with van der Waals surface area (Å²) in [6.45, 7) is 1.31. The fourth-order valence-corrected chi connectivity index (χ4v) is 3.16. The van der Waals surface area contributed by atoms with Crippen LogP contribution in [0.1, 0.15) is 11.5 Å². The van der Waals surface area contributed by atoms with Gasteiger partial charge in [-0.05, 0) is 11.6 Å². The molecule has 0 aromatic heterocycles. The zero-order valence-electron chi connectivity index (χ0n) is 10.3. The Morgan fingerprint density at radius 3 is 3.00 bits per heavy atom. The lowest BCUT2D eigenvalue weighted by molar-refractivity contribution is -0.127. The van der Waals surface area contributed by atoms with E-state index >= 15 is 0 Å². The molecular formula is C13H18N2OS. The maximum atomic E-state index is 11.4. The molecule has 1 unspecified atom stereocenters. The Morgan fingerprint density at radius 1 is 1.47 bits per heavy atom. The highest BCUT2D eigenvalue weighted by Crippen LogP contribution is 2.38. The van der Waals surface area contributed by atoms with Crippen LogP contribution in [0.15, 0.2) is 29.2 Å². The minimum atomic E-state index is 0.129. The summed E-state index contributed by atoms with van der Waals surface area (Å²) in [5.74, 6) is 1.78. The molecule has 1 heterocycles. The molecule has 1 N–H and O–H groups in total. The van der Waals surface area contributed by atoms with Crippen molar-refractivity contribution in [2.75, 3.05) is 32.9 Å². The van der Waals surface area contributed by atoms with Gasteiger partial charge in [0.1, 0.15) is 0 Å². The first-order valence-corrected chi connectivity index (χ1v) is 6.79. The molecule has 92 valence electrons. The van der Waals surface area contributed by atoms with Gasteiger partial charge in [-0.2, -0.15) is 0 Å². The Balaban J connectivity index is 1.84. The van der Waals surface area contributed by atoms with Crippen molar-refractivity contribution < 1.29 is 4.79 Å². The van der Waals surface area contributed by atoms with Crippen LogP contribution in [0.25, 0.3) is 0 Å². The van der Waals surface area contributed by atoms with E-state index in [0.29, 0.717) is 12.5 Å². The first-order valence-electron chi connectivity index (χ1n) is 5.81. The molecule has 1 atom stereocenters. The van der Waals surface area contributed by atoms with Crippen LogP contribution in [-0.2, 0) is 4.79 Å². The van der Waals surface area contributed by atoms with Gasteiger partial charge in [-0.25, -0.2) is 0 Å². The summed E-state index contributed by atoms with van der Waals surface area (Å²) in [4.78, 5) is 14.4. The van der Waals surface area contributed by atoms with Crippen LogP contribution in [0.4, 0.5) is 0 Å². The van der Waals surface area contributed by atoms with Gasteiger partial charge in [-0.1, -0.05) is 18.2 Å². The second kappa shape index (κ2) is 5.56. The van der Waals surface area contributed by atoms with Crippen molar-refractivity contribution in [3.05, 3.63) is 29.8 Å². The molecular weight excluding hydrogens is 232 g/mol. The van der Waals surface area contributed by atoms with E-state index in [4.69, 9.17) is 0 Å². The van der Waals surface area contributed by atoms with Crippen molar-refractivity contribution in [3.8, 4) is 0 Å². The highest BCUT2D eigenvalue weighted by Gasteiger charge is 2.22. The zero-order valence-corrected chi connectivity index (χ0v) is 11.1. The third-order valence-electron chi connectivity index (χ3n) is 2.96. The lowest BCUT2D eigenvalue weighted by Gasteiger charge is -2.14. The van der Waals surface area contributed by atoms with Gasteiger partial charge in [-0.15, -0.1) is 11.8 Å². The number of nitrogens with zero attached hydrogens (tertiary/aromatic N) is 1. The minimum absolute atomic E-state index is 0.129. The average molecular weight is 250 g/mol. The van der Waals surface area contributed by atoms with Crippen LogP contribution >= 0.6 is 11.8 Å². The number of fused-ring (bicyclic) bond motifs is 1. The number of benzene rings is 1. The molecule has 0 spiro atoms. The van der Waals surface area contributed by atoms with Crippen molar-refractivity contribution in [2.45, 2.75) is 10.8 Å². The normalized spacial score (nSPS) is 17.9. The number of thioether (sulfide) groups is 1. The second-order valence-corrected chi connectivity index (χ2v) is 5.53. The predicted molar refractivity (Wildman–Crippen MR) is 71.5 cm³/mol. The minimum Gasteiger partial charge on any atom is -0.348 e. The molecule has 0 aliphatic carbocycles. The third kappa shape index (κ3) is 3.01. The summed E-state index contributed by atoms with van der Waals surface area (Å²) >= 11 is 1.91. The highest BCUT2D eigenvalue weighted by atomic mass is 32.2. The summed E-state index contributed by atoms with van der Waals surface area (Å²) in [5.41, 5.74) is 1.42. The predicted octanol–water partition coefficient (Wildman–Crippen LogP) is 1.55. The van der Waals surface area contributed by atoms with Gasteiger partial charge in [0.15, 0.2) is 0 Å². The maximum Gasteiger partial charge on any atom is 0.236 e. The number of nitrogens with one attached hydrogen (secondary N) is 1. The fourth-order valence-electron chi connectivity index (χ4n) is 1.91. The SMILES string of the molecule is CN(C)C(=O)CNCC1CSc2ccccc21. The molecule has 1 aromatic rings. The quantitative estimate of drug-likeness (QED) is 0.880. The number of rotatable bonds is 4. The van der Waals surface area contributed by atoms with Gasteiger partial charge in [0.05, 0.1) is 6.54 Å². The Labute approximate surface area is 107 Å². The molecule has 0 bridgehead atoms. The molecule has 1 aliphatic rings. The van der Waals surface area contributed by atoms with Gasteiger partial charge in [-0.3, -0.25) is 4.79 Å². The van der Waals surface area contributed by atoms with Crippen LogP contribution in [0.5, 0.6) is 0 Å². The van der Waals surface area contributed by atoms with Crippen LogP contribution < -0.4 is 5.32 Å². The lowest BCUT2D eigenvalue weighted by Crippen LogP contribution is -2.34. The monoisotopic (exact) mass is 250 g/mol. The number of carbonyl (C=O) groups excluding carboxylic acids is 1. The van der Waals surface area contributed by atoms with Crippen molar-refractivity contribution in [1.29, 1.82) is 0 Å². The molecule has 1 amide bonds.